The van der Waals surface area contributed by atoms with Crippen molar-refractivity contribution in [2.45, 2.75) is 39.8 Å². The molecule has 0 aliphatic heterocycles. The Morgan fingerprint density at radius 3 is 2.36 bits per heavy atom. The van der Waals surface area contributed by atoms with E-state index in [1.807, 2.05) is 6.07 Å². The van der Waals surface area contributed by atoms with Crippen molar-refractivity contribution in [3.05, 3.63) is 21.3 Å². The molecule has 0 spiro atoms. The second kappa shape index (κ2) is 5.15. The Hall–Kier alpha value is -0.0500. The second-order valence-corrected chi connectivity index (χ2v) is 5.65. The highest BCUT2D eigenvalue weighted by atomic mass is 35.5. The molecule has 0 amide bonds. The summed E-state index contributed by atoms with van der Waals surface area (Å²) in [7, 11) is 0. The molecule has 0 aromatic carbocycles. The molecule has 0 fully saturated rings. The van der Waals surface area contributed by atoms with Gasteiger partial charge >= 0.3 is 0 Å². The van der Waals surface area contributed by atoms with Gasteiger partial charge in [0.2, 0.25) is 0 Å². The molecule has 1 aromatic heterocycles. The number of halogens is 1. The number of hydrogen-bond donors (Lipinski definition) is 1. The highest BCUT2D eigenvalue weighted by molar-refractivity contribution is 7.14. The van der Waals surface area contributed by atoms with Gasteiger partial charge in [0.05, 0.1) is 4.34 Å². The van der Waals surface area contributed by atoms with Crippen molar-refractivity contribution in [3.8, 4) is 0 Å². The van der Waals surface area contributed by atoms with Crippen LogP contribution in [0.5, 0.6) is 0 Å². The van der Waals surface area contributed by atoms with E-state index in [0.29, 0.717) is 18.0 Å². The summed E-state index contributed by atoms with van der Waals surface area (Å²) in [6, 6.07) is 2.96. The summed E-state index contributed by atoms with van der Waals surface area (Å²) < 4.78 is 0.867. The Kier molecular flexibility index (Phi) is 4.42. The molecular formula is C11H18ClNS. The Balaban J connectivity index is 2.54. The van der Waals surface area contributed by atoms with E-state index in [4.69, 9.17) is 11.6 Å². The topological polar surface area (TPSA) is 12.0 Å². The van der Waals surface area contributed by atoms with Crippen molar-refractivity contribution in [1.82, 2.24) is 5.32 Å². The van der Waals surface area contributed by atoms with Crippen LogP contribution in [0.25, 0.3) is 0 Å². The Labute approximate surface area is 95.5 Å². The smallest absolute Gasteiger partial charge is 0.0931 e. The molecular weight excluding hydrogens is 214 g/mol. The fraction of sp³-hybridized carbons (Fsp3) is 0.636. The zero-order chi connectivity index (χ0) is 10.7. The van der Waals surface area contributed by atoms with Crippen LogP contribution < -0.4 is 5.32 Å². The first-order valence-corrected chi connectivity index (χ1v) is 6.26. The number of hydrogen-bond acceptors (Lipinski definition) is 2. The minimum absolute atomic E-state index is 0.385. The van der Waals surface area contributed by atoms with Crippen LogP contribution in [0, 0.1) is 5.92 Å². The second-order valence-electron chi connectivity index (χ2n) is 4.11. The average Bonchev–Trinajstić information content (AvgIpc) is 2.51. The Morgan fingerprint density at radius 2 is 1.93 bits per heavy atom. The van der Waals surface area contributed by atoms with Crippen molar-refractivity contribution in [2.24, 2.45) is 5.92 Å². The average molecular weight is 232 g/mol. The lowest BCUT2D eigenvalue weighted by Crippen LogP contribution is -2.32. The third kappa shape index (κ3) is 3.26. The van der Waals surface area contributed by atoms with Crippen molar-refractivity contribution >= 4 is 22.9 Å². The van der Waals surface area contributed by atoms with Crippen LogP contribution in [-0.2, 0) is 0 Å². The summed E-state index contributed by atoms with van der Waals surface area (Å²) in [5.41, 5.74) is 1.28. The van der Waals surface area contributed by atoms with Gasteiger partial charge in [-0.15, -0.1) is 11.3 Å². The predicted molar refractivity (Wildman–Crippen MR) is 65.2 cm³/mol. The first kappa shape index (κ1) is 12.0. The molecule has 1 aromatic rings. The number of thiophene rings is 1. The van der Waals surface area contributed by atoms with Crippen LogP contribution in [0.3, 0.4) is 0 Å². The molecule has 1 heterocycles. The first-order chi connectivity index (χ1) is 6.50. The van der Waals surface area contributed by atoms with Crippen LogP contribution in [0.2, 0.25) is 4.34 Å². The minimum atomic E-state index is 0.385. The van der Waals surface area contributed by atoms with Gasteiger partial charge in [-0.05, 0) is 36.8 Å². The van der Waals surface area contributed by atoms with E-state index >= 15 is 0 Å². The monoisotopic (exact) mass is 231 g/mol. The van der Waals surface area contributed by atoms with E-state index in [1.54, 1.807) is 11.3 Å². The molecule has 1 rings (SSSR count). The SMILES string of the molecule is CC(NC(C)C(C)C)c1csc(Cl)c1. The summed E-state index contributed by atoms with van der Waals surface area (Å²) in [4.78, 5) is 0. The molecule has 0 saturated heterocycles. The zero-order valence-electron chi connectivity index (χ0n) is 9.17. The summed E-state index contributed by atoms with van der Waals surface area (Å²) in [6.07, 6.45) is 0. The van der Waals surface area contributed by atoms with Crippen molar-refractivity contribution in [3.63, 3.8) is 0 Å². The van der Waals surface area contributed by atoms with Crippen molar-refractivity contribution in [2.75, 3.05) is 0 Å². The highest BCUT2D eigenvalue weighted by Gasteiger charge is 2.12. The molecule has 0 saturated carbocycles. The van der Waals surface area contributed by atoms with Crippen LogP contribution >= 0.6 is 22.9 Å². The van der Waals surface area contributed by atoms with E-state index in [1.165, 1.54) is 5.56 Å². The molecule has 0 bridgehead atoms. The van der Waals surface area contributed by atoms with E-state index in [2.05, 4.69) is 38.4 Å². The maximum Gasteiger partial charge on any atom is 0.0931 e. The molecule has 2 unspecified atom stereocenters. The van der Waals surface area contributed by atoms with E-state index in [-0.39, 0.29) is 0 Å². The van der Waals surface area contributed by atoms with Gasteiger partial charge in [0.1, 0.15) is 0 Å². The zero-order valence-corrected chi connectivity index (χ0v) is 10.7. The summed E-state index contributed by atoms with van der Waals surface area (Å²) in [6.45, 7) is 8.85. The molecule has 80 valence electrons. The Morgan fingerprint density at radius 1 is 1.29 bits per heavy atom. The summed E-state index contributed by atoms with van der Waals surface area (Å²) in [5, 5.41) is 5.68. The molecule has 2 atom stereocenters. The van der Waals surface area contributed by atoms with Crippen molar-refractivity contribution in [1.29, 1.82) is 0 Å². The molecule has 1 N–H and O–H groups in total. The first-order valence-electron chi connectivity index (χ1n) is 5.00. The largest absolute Gasteiger partial charge is 0.307 e. The van der Waals surface area contributed by atoms with Crippen LogP contribution in [-0.4, -0.2) is 6.04 Å². The highest BCUT2D eigenvalue weighted by Crippen LogP contribution is 2.25. The third-order valence-corrected chi connectivity index (χ3v) is 3.71. The van der Waals surface area contributed by atoms with E-state index < -0.39 is 0 Å². The van der Waals surface area contributed by atoms with Gasteiger partial charge in [0, 0.05) is 12.1 Å². The van der Waals surface area contributed by atoms with Gasteiger partial charge in [-0.25, -0.2) is 0 Å². The number of rotatable bonds is 4. The van der Waals surface area contributed by atoms with Crippen LogP contribution in [0.1, 0.15) is 39.3 Å². The van der Waals surface area contributed by atoms with Gasteiger partial charge in [0.25, 0.3) is 0 Å². The maximum absolute atomic E-state index is 5.89. The number of nitrogens with one attached hydrogen (secondary N) is 1. The van der Waals surface area contributed by atoms with Crippen molar-refractivity contribution < 1.29 is 0 Å². The predicted octanol–water partition coefficient (Wildman–Crippen LogP) is 4.10. The lowest BCUT2D eigenvalue weighted by atomic mass is 10.0. The maximum atomic E-state index is 5.89. The normalized spacial score (nSPS) is 15.9. The quantitative estimate of drug-likeness (QED) is 0.823. The lowest BCUT2D eigenvalue weighted by Gasteiger charge is -2.22. The van der Waals surface area contributed by atoms with Gasteiger partial charge < -0.3 is 5.32 Å². The van der Waals surface area contributed by atoms with Gasteiger partial charge in [-0.2, -0.15) is 0 Å². The van der Waals surface area contributed by atoms with Crippen LogP contribution in [0.4, 0.5) is 0 Å². The van der Waals surface area contributed by atoms with Crippen LogP contribution in [0.15, 0.2) is 11.4 Å². The standard InChI is InChI=1S/C11H18ClNS/c1-7(2)8(3)13-9(4)10-5-11(12)14-6-10/h5-9,13H,1-4H3. The fourth-order valence-corrected chi connectivity index (χ4v) is 2.22. The van der Waals surface area contributed by atoms with Gasteiger partial charge in [-0.1, -0.05) is 25.4 Å². The summed E-state index contributed by atoms with van der Waals surface area (Å²) >= 11 is 7.49. The van der Waals surface area contributed by atoms with E-state index in [9.17, 15) is 0 Å². The van der Waals surface area contributed by atoms with Gasteiger partial charge in [0.15, 0.2) is 0 Å². The third-order valence-electron chi connectivity index (χ3n) is 2.60. The van der Waals surface area contributed by atoms with Gasteiger partial charge in [-0.3, -0.25) is 0 Å². The lowest BCUT2D eigenvalue weighted by molar-refractivity contribution is 0.389. The van der Waals surface area contributed by atoms with E-state index in [0.717, 1.165) is 4.34 Å². The molecule has 0 radical (unpaired) electrons. The molecule has 0 aliphatic rings. The molecule has 14 heavy (non-hydrogen) atoms. The molecule has 3 heteroatoms. The summed E-state index contributed by atoms with van der Waals surface area (Å²) in [5.74, 6) is 0.659. The molecule has 1 nitrogen and oxygen atoms in total. The Bertz CT molecular complexity index is 283. The fourth-order valence-electron chi connectivity index (χ4n) is 1.23. The molecule has 0 aliphatic carbocycles. The minimum Gasteiger partial charge on any atom is -0.307 e.